The van der Waals surface area contributed by atoms with Crippen LogP contribution < -0.4 is 10.8 Å². The van der Waals surface area contributed by atoms with Crippen molar-refractivity contribution in [1.82, 2.24) is 10.8 Å². The number of nitrogens with one attached hydrogen (secondary N) is 2. The second-order valence-electron chi connectivity index (χ2n) is 10.4. The smallest absolute Gasteiger partial charge is 0.118 e. The minimum absolute atomic E-state index is 0.0610. The van der Waals surface area contributed by atoms with Crippen molar-refractivity contribution in [1.29, 1.82) is 0 Å². The topological polar surface area (TPSA) is 33.3 Å². The fourth-order valence-electron chi connectivity index (χ4n) is 4.66. The van der Waals surface area contributed by atoms with Crippen LogP contribution >= 0.6 is 0 Å². The third kappa shape index (κ3) is 8.21. The molecule has 0 spiro atoms. The van der Waals surface area contributed by atoms with Gasteiger partial charge in [0.15, 0.2) is 0 Å². The van der Waals surface area contributed by atoms with E-state index in [0.29, 0.717) is 5.92 Å². The molecule has 2 atom stereocenters. The van der Waals surface area contributed by atoms with Crippen molar-refractivity contribution < 1.29 is 4.84 Å². The maximum atomic E-state index is 5.72. The average molecular weight is 487 g/mol. The Morgan fingerprint density at radius 3 is 2.33 bits per heavy atom. The van der Waals surface area contributed by atoms with E-state index in [1.807, 2.05) is 12.1 Å². The Kier molecular flexibility index (Phi) is 11.5. The molecule has 2 unspecified atom stereocenters. The second kappa shape index (κ2) is 14.8. The van der Waals surface area contributed by atoms with Gasteiger partial charge >= 0.3 is 0 Å². The van der Waals surface area contributed by atoms with E-state index in [0.717, 1.165) is 18.0 Å². The Morgan fingerprint density at radius 2 is 1.67 bits per heavy atom. The molecule has 0 amide bonds. The Morgan fingerprint density at radius 1 is 0.944 bits per heavy atom. The molecule has 2 aliphatic carbocycles. The highest BCUT2D eigenvalue weighted by molar-refractivity contribution is 5.77. The van der Waals surface area contributed by atoms with Crippen molar-refractivity contribution in [2.24, 2.45) is 5.92 Å². The molecule has 194 valence electrons. The van der Waals surface area contributed by atoms with E-state index < -0.39 is 0 Å². The number of aryl methyl sites for hydroxylation is 1. The predicted molar refractivity (Wildman–Crippen MR) is 154 cm³/mol. The van der Waals surface area contributed by atoms with Gasteiger partial charge in [-0.2, -0.15) is 0 Å². The number of benzene rings is 2. The first-order valence-electron chi connectivity index (χ1n) is 13.9. The van der Waals surface area contributed by atoms with Gasteiger partial charge in [-0.3, -0.25) is 5.32 Å². The number of rotatable bonds is 2. The van der Waals surface area contributed by atoms with Crippen LogP contribution in [0.3, 0.4) is 0 Å². The second-order valence-corrected chi connectivity index (χ2v) is 10.4. The van der Waals surface area contributed by atoms with Crippen molar-refractivity contribution in [3.63, 3.8) is 0 Å². The van der Waals surface area contributed by atoms with Crippen LogP contribution in [0.5, 0.6) is 0 Å². The molecule has 2 aromatic rings. The summed E-state index contributed by atoms with van der Waals surface area (Å²) < 4.78 is 0. The highest BCUT2D eigenvalue weighted by Crippen LogP contribution is 2.34. The van der Waals surface area contributed by atoms with Crippen LogP contribution in [-0.4, -0.2) is 6.54 Å². The van der Waals surface area contributed by atoms with E-state index in [2.05, 4.69) is 100 Å². The average Bonchev–Trinajstić information content (AvgIpc) is 3.23. The minimum Gasteiger partial charge on any atom is -0.415 e. The molecule has 1 heterocycles. The molecule has 5 rings (SSSR count). The molecule has 1 saturated carbocycles. The van der Waals surface area contributed by atoms with Gasteiger partial charge in [0.05, 0.1) is 0 Å². The summed E-state index contributed by atoms with van der Waals surface area (Å²) in [4.78, 5) is 5.72. The zero-order chi connectivity index (χ0) is 25.8. The molecule has 1 aliphatic heterocycles. The first-order valence-corrected chi connectivity index (χ1v) is 13.9. The summed E-state index contributed by atoms with van der Waals surface area (Å²) in [6.07, 6.45) is 16.2. The molecule has 2 N–H and O–H groups in total. The van der Waals surface area contributed by atoms with E-state index in [1.165, 1.54) is 66.4 Å². The Balaban J connectivity index is 0.000000389. The maximum Gasteiger partial charge on any atom is 0.118 e. The highest BCUT2D eigenvalue weighted by atomic mass is 16.6. The first-order chi connectivity index (χ1) is 17.5. The SMILES string of the molecule is CC1=C(c2ccccc2)/C=C\ONC(c2ccc3c(c2)CCC3C)NC\C=C\1.CC1CCC1.CCC. The number of hydrogen-bond acceptors (Lipinski definition) is 3. The number of hydrogen-bond donors (Lipinski definition) is 2. The van der Waals surface area contributed by atoms with Crippen LogP contribution in [0, 0.1) is 5.92 Å². The molecule has 2 aromatic carbocycles. The molecule has 1 fully saturated rings. The van der Waals surface area contributed by atoms with Gasteiger partial charge in [-0.15, -0.1) is 5.48 Å². The molecule has 0 saturated heterocycles. The van der Waals surface area contributed by atoms with Crippen LogP contribution in [0.4, 0.5) is 0 Å². The van der Waals surface area contributed by atoms with E-state index in [9.17, 15) is 0 Å². The summed E-state index contributed by atoms with van der Waals surface area (Å²) in [6.45, 7) is 11.8. The van der Waals surface area contributed by atoms with Gasteiger partial charge in [-0.05, 0) is 71.1 Å². The van der Waals surface area contributed by atoms with Gasteiger partial charge in [0.1, 0.15) is 12.4 Å². The molecule has 3 nitrogen and oxygen atoms in total. The highest BCUT2D eigenvalue weighted by Gasteiger charge is 2.20. The van der Waals surface area contributed by atoms with Crippen LogP contribution in [-0.2, 0) is 11.3 Å². The third-order valence-electron chi connectivity index (χ3n) is 7.08. The molecule has 3 aliphatic rings. The van der Waals surface area contributed by atoms with Crippen molar-refractivity contribution >= 4 is 5.57 Å². The zero-order valence-electron chi connectivity index (χ0n) is 23.0. The molecule has 0 radical (unpaired) electrons. The van der Waals surface area contributed by atoms with E-state index in [-0.39, 0.29) is 6.17 Å². The summed E-state index contributed by atoms with van der Waals surface area (Å²) in [7, 11) is 0. The molecular formula is C33H46N2O. The van der Waals surface area contributed by atoms with Crippen molar-refractivity contribution in [3.8, 4) is 0 Å². The number of allylic oxidation sites excluding steroid dienone is 4. The van der Waals surface area contributed by atoms with Crippen LogP contribution in [0.15, 0.2) is 78.6 Å². The lowest BCUT2D eigenvalue weighted by Crippen LogP contribution is -2.33. The lowest BCUT2D eigenvalue weighted by Gasteiger charge is -2.20. The Hall–Kier alpha value is -2.62. The normalized spacial score (nSPS) is 25.4. The summed E-state index contributed by atoms with van der Waals surface area (Å²) >= 11 is 0. The standard InChI is InChI=1S/C25H28N2O.C5H10.C3H8/c1-18-7-6-15-26-25(22-12-13-23-19(2)10-11-21(23)17-22)27-28-16-14-24(18)20-8-4-3-5-9-20;1-5-3-2-4-5;1-3-2/h3-9,12-14,16-17,19,25-27H,10-11,15H2,1-2H3;5H,2-4H2,1H3;3H2,1-2H3/b7-6+,16-14-,24-18+;;. The van der Waals surface area contributed by atoms with Gasteiger partial charge in [0.25, 0.3) is 0 Å². The molecule has 0 bridgehead atoms. The van der Waals surface area contributed by atoms with E-state index >= 15 is 0 Å². The minimum atomic E-state index is -0.0610. The molecule has 0 aromatic heterocycles. The van der Waals surface area contributed by atoms with Gasteiger partial charge in [-0.1, -0.05) is 114 Å². The van der Waals surface area contributed by atoms with E-state index in [4.69, 9.17) is 4.84 Å². The summed E-state index contributed by atoms with van der Waals surface area (Å²) in [5.41, 5.74) is 10.9. The van der Waals surface area contributed by atoms with E-state index in [1.54, 1.807) is 6.26 Å². The van der Waals surface area contributed by atoms with Crippen molar-refractivity contribution in [2.75, 3.05) is 6.54 Å². The van der Waals surface area contributed by atoms with Crippen LogP contribution in [0.2, 0.25) is 0 Å². The fourth-order valence-corrected chi connectivity index (χ4v) is 4.66. The summed E-state index contributed by atoms with van der Waals surface area (Å²) in [6, 6.07) is 17.2. The Bertz CT molecular complexity index is 1020. The fraction of sp³-hybridized carbons (Fsp3) is 0.455. The first kappa shape index (κ1) is 28.0. The van der Waals surface area contributed by atoms with Gasteiger partial charge in [0, 0.05) is 6.54 Å². The molecule has 3 heteroatoms. The van der Waals surface area contributed by atoms with Gasteiger partial charge in [0.2, 0.25) is 0 Å². The largest absolute Gasteiger partial charge is 0.415 e. The van der Waals surface area contributed by atoms with Crippen LogP contribution in [0.25, 0.3) is 5.57 Å². The monoisotopic (exact) mass is 486 g/mol. The quantitative estimate of drug-likeness (QED) is 0.446. The maximum absolute atomic E-state index is 5.72. The van der Waals surface area contributed by atoms with Gasteiger partial charge < -0.3 is 4.84 Å². The summed E-state index contributed by atoms with van der Waals surface area (Å²) in [5, 5.41) is 3.53. The summed E-state index contributed by atoms with van der Waals surface area (Å²) in [5.74, 6) is 1.74. The van der Waals surface area contributed by atoms with Crippen LogP contribution in [0.1, 0.15) is 101 Å². The Labute approximate surface area is 219 Å². The zero-order valence-corrected chi connectivity index (χ0v) is 23.0. The molecule has 36 heavy (non-hydrogen) atoms. The predicted octanol–water partition coefficient (Wildman–Crippen LogP) is 8.63. The van der Waals surface area contributed by atoms with Crippen molar-refractivity contribution in [2.45, 2.75) is 85.2 Å². The lowest BCUT2D eigenvalue weighted by molar-refractivity contribution is 0.0874. The third-order valence-corrected chi connectivity index (χ3v) is 7.08. The number of hydroxylamine groups is 1. The number of fused-ring (bicyclic) bond motifs is 1. The molecular weight excluding hydrogens is 440 g/mol. The van der Waals surface area contributed by atoms with Crippen molar-refractivity contribution in [3.05, 3.63) is 101 Å². The lowest BCUT2D eigenvalue weighted by atomic mass is 9.88. The van der Waals surface area contributed by atoms with Gasteiger partial charge in [-0.25, -0.2) is 0 Å².